The average Bonchev–Trinajstić information content (AvgIpc) is 3.13. The second-order valence-corrected chi connectivity index (χ2v) is 14.4. The van der Waals surface area contributed by atoms with Gasteiger partial charge in [0.15, 0.2) is 8.07 Å². The maximum atomic E-state index is 3.97. The van der Waals surface area contributed by atoms with Crippen LogP contribution in [0.1, 0.15) is 45.1 Å². The Morgan fingerprint density at radius 2 is 1.09 bits per heavy atom. The number of rotatable bonds is 4. The minimum atomic E-state index is -2.48. The minimum absolute atomic E-state index is 0.142. The van der Waals surface area contributed by atoms with E-state index in [1.165, 1.54) is 57.7 Å². The molecule has 1 aliphatic carbocycles. The molecule has 1 aliphatic heterocycles. The van der Waals surface area contributed by atoms with Gasteiger partial charge in [0, 0.05) is 16.6 Å². The molecule has 2 atom stereocenters. The number of nitrogens with one attached hydrogen (secondary N) is 1. The van der Waals surface area contributed by atoms with E-state index in [1.54, 1.807) is 0 Å². The van der Waals surface area contributed by atoms with Crippen LogP contribution in [0.5, 0.6) is 0 Å². The van der Waals surface area contributed by atoms with Gasteiger partial charge in [0.2, 0.25) is 0 Å². The van der Waals surface area contributed by atoms with Crippen LogP contribution in [0.2, 0.25) is 0 Å². The van der Waals surface area contributed by atoms with E-state index in [-0.39, 0.29) is 11.0 Å². The topological polar surface area (TPSA) is 12.0 Å². The summed E-state index contributed by atoms with van der Waals surface area (Å²) in [5.41, 5.74) is 3.17. The van der Waals surface area contributed by atoms with Gasteiger partial charge in [-0.15, -0.1) is 0 Å². The Balaban J connectivity index is 1.67. The molecule has 1 saturated carbocycles. The van der Waals surface area contributed by atoms with E-state index >= 15 is 0 Å². The molecule has 0 spiro atoms. The molecule has 0 aromatic heterocycles. The van der Waals surface area contributed by atoms with Gasteiger partial charge in [-0.05, 0) is 52.1 Å². The third-order valence-corrected chi connectivity index (χ3v) is 13.7. The zero-order chi connectivity index (χ0) is 23.2. The third kappa shape index (κ3) is 2.98. The fourth-order valence-electron chi connectivity index (χ4n) is 6.85. The molecule has 4 aromatic rings. The van der Waals surface area contributed by atoms with Crippen molar-refractivity contribution in [3.05, 3.63) is 115 Å². The summed E-state index contributed by atoms with van der Waals surface area (Å²) >= 11 is 0. The van der Waals surface area contributed by atoms with Crippen LogP contribution in [0, 0.1) is 0 Å². The largest absolute Gasteiger partial charge is 0.379 e. The maximum absolute atomic E-state index is 3.97. The van der Waals surface area contributed by atoms with Crippen molar-refractivity contribution in [3.63, 3.8) is 0 Å². The molecule has 1 fully saturated rings. The maximum Gasteiger partial charge on any atom is 0.179 e. The lowest BCUT2D eigenvalue weighted by molar-refractivity contribution is 0.214. The van der Waals surface area contributed by atoms with Gasteiger partial charge < -0.3 is 5.32 Å². The number of fused-ring (bicyclic) bond motifs is 3. The third-order valence-electron chi connectivity index (χ3n) is 8.90. The minimum Gasteiger partial charge on any atom is -0.379 e. The molecule has 1 N–H and O–H groups in total. The highest BCUT2D eigenvalue weighted by Crippen LogP contribution is 2.54. The highest BCUT2D eigenvalue weighted by Gasteiger charge is 2.53. The predicted molar refractivity (Wildman–Crippen MR) is 148 cm³/mol. The molecule has 2 unspecified atom stereocenters. The molecule has 2 heteroatoms. The Bertz CT molecular complexity index is 1200. The monoisotopic (exact) mass is 459 g/mol. The van der Waals surface area contributed by atoms with Gasteiger partial charge in [0.1, 0.15) is 0 Å². The highest BCUT2D eigenvalue weighted by atomic mass is 28.3. The highest BCUT2D eigenvalue weighted by molar-refractivity contribution is 7.19. The van der Waals surface area contributed by atoms with Crippen LogP contribution in [-0.4, -0.2) is 13.6 Å². The molecule has 0 bridgehead atoms. The lowest BCUT2D eigenvalue weighted by atomic mass is 9.62. The van der Waals surface area contributed by atoms with E-state index in [4.69, 9.17) is 0 Å². The molecule has 0 radical (unpaired) electrons. The van der Waals surface area contributed by atoms with Crippen molar-refractivity contribution in [2.24, 2.45) is 0 Å². The lowest BCUT2D eigenvalue weighted by Crippen LogP contribution is -2.74. The van der Waals surface area contributed by atoms with Crippen molar-refractivity contribution in [2.75, 3.05) is 5.32 Å². The van der Waals surface area contributed by atoms with Crippen LogP contribution in [0.4, 0.5) is 5.69 Å². The van der Waals surface area contributed by atoms with Crippen molar-refractivity contribution >= 4 is 34.5 Å². The van der Waals surface area contributed by atoms with E-state index in [0.29, 0.717) is 0 Å². The Hall–Kier alpha value is -3.10. The standard InChI is InChI=1S/C32H33NSi/c1-31-22-12-13-23-32(31,2)33-30-21-20-28(24-29(30)31)34(25-14-6-3-7-15-25,26-16-8-4-9-17-26)27-18-10-5-11-19-27/h3-11,14-21,24,33H,12-13,22-23H2,1-2H3. The Morgan fingerprint density at radius 3 is 1.62 bits per heavy atom. The first kappa shape index (κ1) is 21.4. The summed E-state index contributed by atoms with van der Waals surface area (Å²) in [4.78, 5) is 0. The quantitative estimate of drug-likeness (QED) is 0.331. The van der Waals surface area contributed by atoms with Crippen LogP contribution < -0.4 is 26.1 Å². The Morgan fingerprint density at radius 1 is 0.588 bits per heavy atom. The van der Waals surface area contributed by atoms with Gasteiger partial charge in [0.25, 0.3) is 0 Å². The molecular weight excluding hydrogens is 426 g/mol. The first-order valence-corrected chi connectivity index (χ1v) is 14.7. The first-order valence-electron chi connectivity index (χ1n) is 12.7. The normalized spacial score (nSPS) is 23.6. The van der Waals surface area contributed by atoms with Gasteiger partial charge in [-0.3, -0.25) is 0 Å². The van der Waals surface area contributed by atoms with Crippen LogP contribution in [-0.2, 0) is 5.41 Å². The molecule has 4 aromatic carbocycles. The van der Waals surface area contributed by atoms with Crippen LogP contribution in [0.3, 0.4) is 0 Å². The second kappa shape index (κ2) is 7.99. The van der Waals surface area contributed by atoms with Crippen LogP contribution in [0.25, 0.3) is 0 Å². The summed E-state index contributed by atoms with van der Waals surface area (Å²) in [5, 5.41) is 9.77. The number of anilines is 1. The van der Waals surface area contributed by atoms with Gasteiger partial charge >= 0.3 is 0 Å². The second-order valence-electron chi connectivity index (χ2n) is 10.6. The molecule has 2 aliphatic rings. The molecule has 0 saturated heterocycles. The van der Waals surface area contributed by atoms with Crippen molar-refractivity contribution in [2.45, 2.75) is 50.5 Å². The van der Waals surface area contributed by atoms with Crippen molar-refractivity contribution in [1.82, 2.24) is 0 Å². The zero-order valence-electron chi connectivity index (χ0n) is 20.2. The van der Waals surface area contributed by atoms with Crippen LogP contribution >= 0.6 is 0 Å². The van der Waals surface area contributed by atoms with E-state index in [9.17, 15) is 0 Å². The SMILES string of the molecule is CC12CCCCC1(C)c1cc([Si](c3ccccc3)(c3ccccc3)c3ccccc3)ccc1N2. The van der Waals surface area contributed by atoms with Gasteiger partial charge in [0.05, 0.1) is 0 Å². The lowest BCUT2D eigenvalue weighted by Gasteiger charge is -2.45. The fourth-order valence-corrected chi connectivity index (χ4v) is 11.6. The molecule has 34 heavy (non-hydrogen) atoms. The number of hydrogen-bond donors (Lipinski definition) is 1. The van der Waals surface area contributed by atoms with E-state index in [0.717, 1.165) is 0 Å². The van der Waals surface area contributed by atoms with E-state index in [2.05, 4.69) is 128 Å². The van der Waals surface area contributed by atoms with Crippen molar-refractivity contribution in [1.29, 1.82) is 0 Å². The first-order chi connectivity index (χ1) is 16.6. The predicted octanol–water partition coefficient (Wildman–Crippen LogP) is 5.08. The van der Waals surface area contributed by atoms with Crippen molar-refractivity contribution < 1.29 is 0 Å². The Labute approximate surface area is 204 Å². The molecule has 6 rings (SSSR count). The van der Waals surface area contributed by atoms with Crippen molar-refractivity contribution in [3.8, 4) is 0 Å². The van der Waals surface area contributed by atoms with Gasteiger partial charge in [-0.25, -0.2) is 0 Å². The summed E-state index contributed by atoms with van der Waals surface area (Å²) in [6, 6.07) is 41.2. The molecule has 170 valence electrons. The molecule has 1 nitrogen and oxygen atoms in total. The van der Waals surface area contributed by atoms with Gasteiger partial charge in [-0.2, -0.15) is 0 Å². The number of hydrogen-bond acceptors (Lipinski definition) is 1. The van der Waals surface area contributed by atoms with E-state index < -0.39 is 8.07 Å². The zero-order valence-corrected chi connectivity index (χ0v) is 21.2. The summed E-state index contributed by atoms with van der Waals surface area (Å²) in [6.45, 7) is 4.95. The summed E-state index contributed by atoms with van der Waals surface area (Å²) < 4.78 is 0. The van der Waals surface area contributed by atoms with Gasteiger partial charge in [-0.1, -0.05) is 123 Å². The molecule has 1 heterocycles. The van der Waals surface area contributed by atoms with Crippen LogP contribution in [0.15, 0.2) is 109 Å². The summed E-state index contributed by atoms with van der Waals surface area (Å²) in [5.74, 6) is 0. The van der Waals surface area contributed by atoms with E-state index in [1.807, 2.05) is 0 Å². The summed E-state index contributed by atoms with van der Waals surface area (Å²) in [6.07, 6.45) is 5.13. The number of benzene rings is 4. The average molecular weight is 460 g/mol. The summed E-state index contributed by atoms with van der Waals surface area (Å²) in [7, 11) is -2.48. The smallest absolute Gasteiger partial charge is 0.179 e. The molecule has 0 amide bonds. The Kier molecular flexibility index (Phi) is 5.04. The molecular formula is C32H33NSi. The fraction of sp³-hybridized carbons (Fsp3) is 0.250.